The third-order valence-corrected chi connectivity index (χ3v) is 2.76. The minimum atomic E-state index is 0.574. The summed E-state index contributed by atoms with van der Waals surface area (Å²) >= 11 is 0. The lowest BCUT2D eigenvalue weighted by atomic mass is 10.0. The summed E-state index contributed by atoms with van der Waals surface area (Å²) in [6.45, 7) is 6.58. The molecule has 2 heteroatoms. The number of piperidine rings is 1. The molecular weight excluding hydrogens is 136 g/mol. The molecule has 0 aromatic carbocycles. The lowest BCUT2D eigenvalue weighted by Crippen LogP contribution is -2.46. The molecule has 0 amide bonds. The van der Waals surface area contributed by atoms with Crippen molar-refractivity contribution in [2.45, 2.75) is 45.2 Å². The van der Waals surface area contributed by atoms with Crippen molar-refractivity contribution < 1.29 is 0 Å². The predicted molar refractivity (Wildman–Crippen MR) is 48.5 cm³/mol. The second-order valence-electron chi connectivity index (χ2n) is 3.67. The van der Waals surface area contributed by atoms with Crippen molar-refractivity contribution in [2.75, 3.05) is 13.1 Å². The summed E-state index contributed by atoms with van der Waals surface area (Å²) in [6.07, 6.45) is 4.11. The SMILES string of the molecule is C[C@@H](CN)N1CCCC[C@@H]1C. The molecule has 11 heavy (non-hydrogen) atoms. The molecule has 0 saturated carbocycles. The van der Waals surface area contributed by atoms with Gasteiger partial charge in [-0.05, 0) is 33.2 Å². The van der Waals surface area contributed by atoms with E-state index >= 15 is 0 Å². The van der Waals surface area contributed by atoms with E-state index in [1.54, 1.807) is 0 Å². The molecular formula is C9H20N2. The van der Waals surface area contributed by atoms with E-state index in [-0.39, 0.29) is 0 Å². The first-order chi connectivity index (χ1) is 5.25. The Morgan fingerprint density at radius 1 is 1.55 bits per heavy atom. The number of hydrogen-bond acceptors (Lipinski definition) is 2. The zero-order valence-electron chi connectivity index (χ0n) is 7.71. The maximum Gasteiger partial charge on any atom is 0.0192 e. The minimum Gasteiger partial charge on any atom is -0.329 e. The fourth-order valence-corrected chi connectivity index (χ4v) is 1.91. The van der Waals surface area contributed by atoms with Gasteiger partial charge in [0.15, 0.2) is 0 Å². The quantitative estimate of drug-likeness (QED) is 0.651. The number of hydrogen-bond donors (Lipinski definition) is 1. The van der Waals surface area contributed by atoms with E-state index in [2.05, 4.69) is 18.7 Å². The minimum absolute atomic E-state index is 0.574. The van der Waals surface area contributed by atoms with Crippen LogP contribution in [0.3, 0.4) is 0 Å². The van der Waals surface area contributed by atoms with Gasteiger partial charge in [0.05, 0.1) is 0 Å². The van der Waals surface area contributed by atoms with Gasteiger partial charge >= 0.3 is 0 Å². The standard InChI is InChI=1S/C9H20N2/c1-8-5-3-4-6-11(8)9(2)7-10/h8-9H,3-7,10H2,1-2H3/t8-,9-/m0/s1. The van der Waals surface area contributed by atoms with E-state index in [1.807, 2.05) is 0 Å². The highest BCUT2D eigenvalue weighted by Gasteiger charge is 2.21. The fourth-order valence-electron chi connectivity index (χ4n) is 1.91. The molecule has 1 aliphatic heterocycles. The van der Waals surface area contributed by atoms with Crippen LogP contribution in [0, 0.1) is 0 Å². The zero-order valence-corrected chi connectivity index (χ0v) is 7.71. The summed E-state index contributed by atoms with van der Waals surface area (Å²) in [5.74, 6) is 0. The first kappa shape index (κ1) is 9.01. The predicted octanol–water partition coefficient (Wildman–Crippen LogP) is 1.21. The third kappa shape index (κ3) is 2.17. The maximum atomic E-state index is 5.62. The Bertz CT molecular complexity index is 110. The summed E-state index contributed by atoms with van der Waals surface area (Å²) in [4.78, 5) is 2.53. The van der Waals surface area contributed by atoms with Crippen LogP contribution in [0.15, 0.2) is 0 Å². The van der Waals surface area contributed by atoms with Crippen molar-refractivity contribution >= 4 is 0 Å². The Balaban J connectivity index is 2.40. The van der Waals surface area contributed by atoms with Crippen molar-refractivity contribution in [1.82, 2.24) is 4.90 Å². The van der Waals surface area contributed by atoms with Crippen LogP contribution in [0.25, 0.3) is 0 Å². The normalized spacial score (nSPS) is 30.3. The topological polar surface area (TPSA) is 29.3 Å². The summed E-state index contributed by atoms with van der Waals surface area (Å²) in [5.41, 5.74) is 5.62. The molecule has 2 atom stereocenters. The van der Waals surface area contributed by atoms with Crippen molar-refractivity contribution in [1.29, 1.82) is 0 Å². The summed E-state index contributed by atoms with van der Waals surface area (Å²) in [6, 6.07) is 1.33. The van der Waals surface area contributed by atoms with Crippen molar-refractivity contribution in [2.24, 2.45) is 5.73 Å². The lowest BCUT2D eigenvalue weighted by molar-refractivity contribution is 0.118. The average Bonchev–Trinajstić information content (AvgIpc) is 2.04. The van der Waals surface area contributed by atoms with Gasteiger partial charge in [-0.2, -0.15) is 0 Å². The zero-order chi connectivity index (χ0) is 8.27. The van der Waals surface area contributed by atoms with Gasteiger partial charge in [0.2, 0.25) is 0 Å². The van der Waals surface area contributed by atoms with Gasteiger partial charge in [-0.25, -0.2) is 0 Å². The Morgan fingerprint density at radius 2 is 2.27 bits per heavy atom. The number of likely N-dealkylation sites (tertiary alicyclic amines) is 1. The molecule has 2 nitrogen and oxygen atoms in total. The molecule has 0 spiro atoms. The summed E-state index contributed by atoms with van der Waals surface area (Å²) in [7, 11) is 0. The van der Waals surface area contributed by atoms with Gasteiger partial charge < -0.3 is 5.73 Å². The molecule has 1 heterocycles. The number of nitrogens with two attached hydrogens (primary N) is 1. The largest absolute Gasteiger partial charge is 0.329 e. The Morgan fingerprint density at radius 3 is 2.82 bits per heavy atom. The van der Waals surface area contributed by atoms with Crippen molar-refractivity contribution in [3.05, 3.63) is 0 Å². The smallest absolute Gasteiger partial charge is 0.0192 e. The second-order valence-corrected chi connectivity index (χ2v) is 3.67. The van der Waals surface area contributed by atoms with Crippen LogP contribution in [0.4, 0.5) is 0 Å². The highest BCUT2D eigenvalue weighted by atomic mass is 15.2. The summed E-state index contributed by atoms with van der Waals surface area (Å²) in [5, 5.41) is 0. The van der Waals surface area contributed by atoms with Crippen LogP contribution >= 0.6 is 0 Å². The molecule has 0 aromatic heterocycles. The van der Waals surface area contributed by atoms with Gasteiger partial charge in [0.1, 0.15) is 0 Å². The van der Waals surface area contributed by atoms with E-state index < -0.39 is 0 Å². The van der Waals surface area contributed by atoms with Crippen molar-refractivity contribution in [3.63, 3.8) is 0 Å². The van der Waals surface area contributed by atoms with E-state index in [9.17, 15) is 0 Å². The number of rotatable bonds is 2. The van der Waals surface area contributed by atoms with Gasteiger partial charge in [-0.3, -0.25) is 4.90 Å². The molecule has 0 unspecified atom stereocenters. The highest BCUT2D eigenvalue weighted by molar-refractivity contribution is 4.77. The van der Waals surface area contributed by atoms with Gasteiger partial charge in [0.25, 0.3) is 0 Å². The molecule has 1 aliphatic rings. The van der Waals surface area contributed by atoms with E-state index in [4.69, 9.17) is 5.73 Å². The molecule has 0 aliphatic carbocycles. The summed E-state index contributed by atoms with van der Waals surface area (Å²) < 4.78 is 0. The number of nitrogens with zero attached hydrogens (tertiary/aromatic N) is 1. The van der Waals surface area contributed by atoms with Crippen LogP contribution < -0.4 is 5.73 Å². The van der Waals surface area contributed by atoms with Gasteiger partial charge in [0, 0.05) is 18.6 Å². The monoisotopic (exact) mass is 156 g/mol. The van der Waals surface area contributed by atoms with Gasteiger partial charge in [-0.15, -0.1) is 0 Å². The Labute approximate surface area is 69.8 Å². The maximum absolute atomic E-state index is 5.62. The first-order valence-corrected chi connectivity index (χ1v) is 4.71. The molecule has 66 valence electrons. The first-order valence-electron chi connectivity index (χ1n) is 4.71. The molecule has 0 bridgehead atoms. The van der Waals surface area contributed by atoms with Crippen LogP contribution in [-0.4, -0.2) is 30.1 Å². The molecule has 0 aromatic rings. The lowest BCUT2D eigenvalue weighted by Gasteiger charge is -2.37. The third-order valence-electron chi connectivity index (χ3n) is 2.76. The van der Waals surface area contributed by atoms with Crippen LogP contribution in [0.5, 0.6) is 0 Å². The second kappa shape index (κ2) is 4.07. The molecule has 0 radical (unpaired) electrons. The molecule has 2 N–H and O–H groups in total. The van der Waals surface area contributed by atoms with E-state index in [1.165, 1.54) is 25.8 Å². The molecule has 1 saturated heterocycles. The van der Waals surface area contributed by atoms with Crippen LogP contribution in [0.1, 0.15) is 33.1 Å². The molecule has 1 fully saturated rings. The molecule has 1 rings (SSSR count). The van der Waals surface area contributed by atoms with E-state index in [0.29, 0.717) is 6.04 Å². The van der Waals surface area contributed by atoms with E-state index in [0.717, 1.165) is 12.6 Å². The highest BCUT2D eigenvalue weighted by Crippen LogP contribution is 2.18. The fraction of sp³-hybridized carbons (Fsp3) is 1.00. The Kier molecular flexibility index (Phi) is 3.34. The average molecular weight is 156 g/mol. The van der Waals surface area contributed by atoms with Crippen molar-refractivity contribution in [3.8, 4) is 0 Å². The van der Waals surface area contributed by atoms with Crippen LogP contribution in [-0.2, 0) is 0 Å². The van der Waals surface area contributed by atoms with Crippen LogP contribution in [0.2, 0.25) is 0 Å². The Hall–Kier alpha value is -0.0800. The van der Waals surface area contributed by atoms with Gasteiger partial charge in [-0.1, -0.05) is 6.42 Å².